The van der Waals surface area contributed by atoms with Crippen LogP contribution in [-0.4, -0.2) is 25.8 Å². The summed E-state index contributed by atoms with van der Waals surface area (Å²) in [5.41, 5.74) is 7.37. The Morgan fingerprint density at radius 3 is 2.65 bits per heavy atom. The summed E-state index contributed by atoms with van der Waals surface area (Å²) in [7, 11) is 0. The maximum absolute atomic E-state index is 11.3. The molecule has 126 valence electrons. The van der Waals surface area contributed by atoms with Crippen molar-refractivity contribution in [1.82, 2.24) is 5.32 Å². The summed E-state index contributed by atoms with van der Waals surface area (Å²) >= 11 is 0. The average molecular weight is 318 g/mol. The fourth-order valence-electron chi connectivity index (χ4n) is 3.72. The third-order valence-corrected chi connectivity index (χ3v) is 4.96. The van der Waals surface area contributed by atoms with Gasteiger partial charge in [-0.1, -0.05) is 26.8 Å². The smallest absolute Gasteiger partial charge is 0.405 e. The third kappa shape index (κ3) is 3.02. The number of primary amides is 1. The highest BCUT2D eigenvalue weighted by Crippen LogP contribution is 2.47. The first-order valence-electron chi connectivity index (χ1n) is 8.26. The number of ether oxygens (including phenoxy) is 2. The molecule has 1 atom stereocenters. The highest BCUT2D eigenvalue weighted by molar-refractivity contribution is 5.65. The Bertz CT molecular complexity index is 595. The summed E-state index contributed by atoms with van der Waals surface area (Å²) in [6.07, 6.45) is 1.03. The SMILES string of the molecule is CC(C)(C)C(OC(N)=O)c1ccc2c(c1)C1(CCNCC1)CO2. The second-order valence-corrected chi connectivity index (χ2v) is 7.76. The van der Waals surface area contributed by atoms with Gasteiger partial charge in [-0.15, -0.1) is 0 Å². The van der Waals surface area contributed by atoms with Gasteiger partial charge in [0.25, 0.3) is 0 Å². The van der Waals surface area contributed by atoms with Gasteiger partial charge < -0.3 is 20.5 Å². The first-order valence-corrected chi connectivity index (χ1v) is 8.26. The monoisotopic (exact) mass is 318 g/mol. The van der Waals surface area contributed by atoms with Crippen LogP contribution in [0.15, 0.2) is 18.2 Å². The summed E-state index contributed by atoms with van der Waals surface area (Å²) in [6.45, 7) is 8.89. The lowest BCUT2D eigenvalue weighted by Gasteiger charge is -2.34. The van der Waals surface area contributed by atoms with Crippen molar-refractivity contribution in [2.24, 2.45) is 11.1 Å². The van der Waals surface area contributed by atoms with Gasteiger partial charge in [0.2, 0.25) is 0 Å². The van der Waals surface area contributed by atoms with Crippen molar-refractivity contribution in [3.05, 3.63) is 29.3 Å². The second kappa shape index (κ2) is 5.71. The van der Waals surface area contributed by atoms with Gasteiger partial charge in [0, 0.05) is 16.4 Å². The van der Waals surface area contributed by atoms with Crippen molar-refractivity contribution >= 4 is 6.09 Å². The minimum atomic E-state index is -0.738. The molecule has 2 aliphatic rings. The fourth-order valence-corrected chi connectivity index (χ4v) is 3.72. The molecule has 0 bridgehead atoms. The van der Waals surface area contributed by atoms with Crippen LogP contribution in [0, 0.1) is 5.41 Å². The zero-order valence-electron chi connectivity index (χ0n) is 14.1. The van der Waals surface area contributed by atoms with Gasteiger partial charge in [-0.2, -0.15) is 0 Å². The fraction of sp³-hybridized carbons (Fsp3) is 0.611. The lowest BCUT2D eigenvalue weighted by atomic mass is 9.73. The van der Waals surface area contributed by atoms with E-state index >= 15 is 0 Å². The molecule has 23 heavy (non-hydrogen) atoms. The molecule has 0 radical (unpaired) electrons. The quantitative estimate of drug-likeness (QED) is 0.879. The van der Waals surface area contributed by atoms with Crippen molar-refractivity contribution in [3.8, 4) is 5.75 Å². The Balaban J connectivity index is 1.99. The highest BCUT2D eigenvalue weighted by Gasteiger charge is 2.42. The van der Waals surface area contributed by atoms with Crippen LogP contribution in [0.25, 0.3) is 0 Å². The van der Waals surface area contributed by atoms with Crippen molar-refractivity contribution in [1.29, 1.82) is 0 Å². The molecule has 0 aromatic heterocycles. The van der Waals surface area contributed by atoms with E-state index in [4.69, 9.17) is 15.2 Å². The topological polar surface area (TPSA) is 73.6 Å². The summed E-state index contributed by atoms with van der Waals surface area (Å²) < 4.78 is 11.4. The van der Waals surface area contributed by atoms with Gasteiger partial charge >= 0.3 is 6.09 Å². The number of piperidine rings is 1. The maximum atomic E-state index is 11.3. The van der Waals surface area contributed by atoms with E-state index in [1.54, 1.807) is 0 Å². The lowest BCUT2D eigenvalue weighted by Crippen LogP contribution is -2.41. The largest absolute Gasteiger partial charge is 0.492 e. The number of fused-ring (bicyclic) bond motifs is 2. The van der Waals surface area contributed by atoms with E-state index in [-0.39, 0.29) is 16.9 Å². The van der Waals surface area contributed by atoms with E-state index in [9.17, 15) is 4.79 Å². The van der Waals surface area contributed by atoms with E-state index < -0.39 is 6.09 Å². The predicted octanol–water partition coefficient (Wildman–Crippen LogP) is 2.88. The Morgan fingerprint density at radius 2 is 2.04 bits per heavy atom. The molecule has 3 rings (SSSR count). The number of amides is 1. The number of rotatable bonds is 2. The standard InChI is InChI=1S/C18H26N2O3/c1-17(2,3)15(23-16(19)21)12-4-5-14-13(10-12)18(11-22-14)6-8-20-9-7-18/h4-5,10,15,20H,6-9,11H2,1-3H3,(H2,19,21). The predicted molar refractivity (Wildman–Crippen MR) is 88.6 cm³/mol. The van der Waals surface area contributed by atoms with Crippen LogP contribution < -0.4 is 15.8 Å². The lowest BCUT2D eigenvalue weighted by molar-refractivity contribution is 0.0359. The van der Waals surface area contributed by atoms with Gasteiger partial charge in [-0.25, -0.2) is 4.79 Å². The van der Waals surface area contributed by atoms with Crippen LogP contribution in [0.5, 0.6) is 5.75 Å². The summed E-state index contributed by atoms with van der Waals surface area (Å²) in [4.78, 5) is 11.3. The van der Waals surface area contributed by atoms with Crippen molar-refractivity contribution in [2.75, 3.05) is 19.7 Å². The van der Waals surface area contributed by atoms with Gasteiger partial charge in [0.15, 0.2) is 0 Å². The van der Waals surface area contributed by atoms with Crippen LogP contribution in [0.4, 0.5) is 4.79 Å². The summed E-state index contributed by atoms with van der Waals surface area (Å²) in [6, 6.07) is 6.15. The molecule has 0 aliphatic carbocycles. The minimum absolute atomic E-state index is 0.0890. The molecule has 1 saturated heterocycles. The molecule has 2 aliphatic heterocycles. The minimum Gasteiger partial charge on any atom is -0.492 e. The van der Waals surface area contributed by atoms with E-state index in [1.165, 1.54) is 5.56 Å². The molecule has 5 heteroatoms. The van der Waals surface area contributed by atoms with Crippen LogP contribution >= 0.6 is 0 Å². The average Bonchev–Trinajstić information content (AvgIpc) is 2.82. The molecule has 5 nitrogen and oxygen atoms in total. The molecule has 1 spiro atoms. The molecule has 0 saturated carbocycles. The molecule has 3 N–H and O–H groups in total. The van der Waals surface area contributed by atoms with Gasteiger partial charge in [-0.05, 0) is 43.6 Å². The Labute approximate surface area is 137 Å². The van der Waals surface area contributed by atoms with Crippen LogP contribution in [-0.2, 0) is 10.2 Å². The first-order chi connectivity index (χ1) is 10.8. The van der Waals surface area contributed by atoms with Crippen LogP contribution in [0.2, 0.25) is 0 Å². The Kier molecular flexibility index (Phi) is 4.00. The summed E-state index contributed by atoms with van der Waals surface area (Å²) in [5.74, 6) is 0.961. The van der Waals surface area contributed by atoms with Crippen molar-refractivity contribution in [3.63, 3.8) is 0 Å². The molecular formula is C18H26N2O3. The van der Waals surface area contributed by atoms with Gasteiger partial charge in [0.1, 0.15) is 11.9 Å². The molecule has 1 fully saturated rings. The number of benzene rings is 1. The van der Waals surface area contributed by atoms with E-state index in [2.05, 4.69) is 11.4 Å². The number of hydrogen-bond acceptors (Lipinski definition) is 4. The summed E-state index contributed by atoms with van der Waals surface area (Å²) in [5, 5.41) is 3.41. The number of carbonyl (C=O) groups is 1. The second-order valence-electron chi connectivity index (χ2n) is 7.76. The van der Waals surface area contributed by atoms with Crippen LogP contribution in [0.3, 0.4) is 0 Å². The number of nitrogens with one attached hydrogen (secondary N) is 1. The van der Waals surface area contributed by atoms with E-state index in [0.717, 1.165) is 43.9 Å². The molecule has 1 amide bonds. The highest BCUT2D eigenvalue weighted by atomic mass is 16.6. The molecule has 1 aromatic carbocycles. The normalized spacial score (nSPS) is 20.7. The zero-order valence-corrected chi connectivity index (χ0v) is 14.1. The number of carbonyl (C=O) groups excluding carboxylic acids is 1. The van der Waals surface area contributed by atoms with E-state index in [0.29, 0.717) is 0 Å². The Hall–Kier alpha value is -1.75. The molecule has 1 unspecified atom stereocenters. The maximum Gasteiger partial charge on any atom is 0.405 e. The molecule has 1 aromatic rings. The van der Waals surface area contributed by atoms with Gasteiger partial charge in [0.05, 0.1) is 6.61 Å². The van der Waals surface area contributed by atoms with Crippen LogP contribution in [0.1, 0.15) is 50.8 Å². The molecular weight excluding hydrogens is 292 g/mol. The number of hydrogen-bond donors (Lipinski definition) is 2. The number of nitrogens with two attached hydrogens (primary N) is 1. The first kappa shape index (κ1) is 16.1. The van der Waals surface area contributed by atoms with Gasteiger partial charge in [-0.3, -0.25) is 0 Å². The van der Waals surface area contributed by atoms with Crippen molar-refractivity contribution in [2.45, 2.75) is 45.1 Å². The Morgan fingerprint density at radius 1 is 1.35 bits per heavy atom. The molecule has 2 heterocycles. The van der Waals surface area contributed by atoms with E-state index in [1.807, 2.05) is 32.9 Å². The van der Waals surface area contributed by atoms with Crippen molar-refractivity contribution < 1.29 is 14.3 Å². The third-order valence-electron chi connectivity index (χ3n) is 4.96. The zero-order chi connectivity index (χ0) is 16.7.